The van der Waals surface area contributed by atoms with Gasteiger partial charge in [-0.15, -0.1) is 0 Å². The molecular weight excluding hydrogens is 1000 g/mol. The van der Waals surface area contributed by atoms with Gasteiger partial charge in [0.05, 0.1) is 46.1 Å². The van der Waals surface area contributed by atoms with Crippen LogP contribution in [0.5, 0.6) is 0 Å². The molecule has 0 aromatic heterocycles. The summed E-state index contributed by atoms with van der Waals surface area (Å²) in [7, 11) is 0. The summed E-state index contributed by atoms with van der Waals surface area (Å²) >= 11 is 3.52. The molecule has 0 saturated carbocycles. The minimum absolute atomic E-state index is 0.0527. The number of carboxylic acid groups (broad SMARTS) is 4. The number of rotatable bonds is 27. The van der Waals surface area contributed by atoms with Crippen LogP contribution in [0.3, 0.4) is 0 Å². The van der Waals surface area contributed by atoms with Crippen LogP contribution in [0, 0.1) is 31.6 Å². The summed E-state index contributed by atoms with van der Waals surface area (Å²) in [5, 5.41) is 49.8. The van der Waals surface area contributed by atoms with Crippen molar-refractivity contribution in [1.82, 2.24) is 35.6 Å². The molecule has 1 aromatic carbocycles. The quantitative estimate of drug-likeness (QED) is 0.0567. The number of aryl methyl sites for hydroxylation is 2. The number of carbonyl (C=O) groups is 8. The molecule has 1 heterocycles. The van der Waals surface area contributed by atoms with Gasteiger partial charge in [0.1, 0.15) is 6.04 Å². The molecule has 0 radical (unpaired) electrons. The van der Waals surface area contributed by atoms with Crippen LogP contribution >= 0.6 is 15.9 Å². The fourth-order valence-electron chi connectivity index (χ4n) is 7.38. The van der Waals surface area contributed by atoms with Crippen LogP contribution in [0.2, 0.25) is 0 Å². The van der Waals surface area contributed by atoms with E-state index in [-0.39, 0.29) is 109 Å². The molecule has 412 valence electrons. The van der Waals surface area contributed by atoms with E-state index in [1.165, 1.54) is 15.4 Å². The summed E-state index contributed by atoms with van der Waals surface area (Å²) in [4.78, 5) is 102. The van der Waals surface area contributed by atoms with Crippen molar-refractivity contribution in [2.24, 2.45) is 10.8 Å². The number of nitrogens with one attached hydrogen (secondary N) is 4. The molecule has 21 nitrogen and oxygen atoms in total. The van der Waals surface area contributed by atoms with Gasteiger partial charge >= 0.3 is 23.9 Å². The number of unbranched alkanes of at least 4 members (excludes halogenated alkanes) is 2. The largest absolute Gasteiger partial charge is 0.480 e. The van der Waals surface area contributed by atoms with Crippen molar-refractivity contribution in [3.63, 3.8) is 0 Å². The Labute approximate surface area is 435 Å². The predicted molar refractivity (Wildman–Crippen MR) is 280 cm³/mol. The molecule has 8 N–H and O–H groups in total. The van der Waals surface area contributed by atoms with E-state index in [0.29, 0.717) is 26.0 Å². The highest BCUT2D eigenvalue weighted by atomic mass is 79.9. The van der Waals surface area contributed by atoms with Gasteiger partial charge < -0.3 is 46.4 Å². The molecule has 1 atom stereocenters. The Bertz CT molecular complexity index is 1900. The molecule has 1 unspecified atom stereocenters. The summed E-state index contributed by atoms with van der Waals surface area (Å²) in [6, 6.07) is 0.869. The van der Waals surface area contributed by atoms with Crippen LogP contribution in [-0.4, -0.2) is 192 Å². The first-order valence-electron chi connectivity index (χ1n) is 24.9. The molecule has 1 saturated heterocycles. The van der Waals surface area contributed by atoms with E-state index in [2.05, 4.69) is 50.2 Å². The van der Waals surface area contributed by atoms with E-state index >= 15 is 0 Å². The number of halogens is 1. The monoisotopic (exact) mass is 1090 g/mol. The van der Waals surface area contributed by atoms with E-state index in [0.717, 1.165) is 40.5 Å². The minimum Gasteiger partial charge on any atom is -0.480 e. The van der Waals surface area contributed by atoms with Crippen LogP contribution in [0.1, 0.15) is 117 Å². The number of carboxylic acids is 4. The average molecular weight is 1090 g/mol. The molecule has 22 heteroatoms. The summed E-state index contributed by atoms with van der Waals surface area (Å²) in [6.07, 6.45) is 3.39. The Morgan fingerprint density at radius 2 is 1.12 bits per heavy atom. The second kappa shape index (κ2) is 35.4. The molecule has 0 bridgehead atoms. The molecule has 1 aliphatic heterocycles. The highest BCUT2D eigenvalue weighted by Gasteiger charge is 2.31. The fourth-order valence-corrected chi connectivity index (χ4v) is 7.69. The van der Waals surface area contributed by atoms with Gasteiger partial charge in [-0.1, -0.05) is 90.2 Å². The molecule has 1 aromatic rings. The molecule has 1 aliphatic rings. The van der Waals surface area contributed by atoms with Gasteiger partial charge in [-0.3, -0.25) is 58.0 Å². The van der Waals surface area contributed by atoms with Crippen LogP contribution in [-0.2, 0) is 43.1 Å². The molecule has 2 rings (SSSR count). The summed E-state index contributed by atoms with van der Waals surface area (Å²) in [5.74, 6) is -5.37. The zero-order valence-electron chi connectivity index (χ0n) is 44.8. The maximum atomic E-state index is 13.0. The van der Waals surface area contributed by atoms with Crippen LogP contribution in [0.15, 0.2) is 10.5 Å². The lowest BCUT2D eigenvalue weighted by atomic mass is 9.93. The van der Waals surface area contributed by atoms with Gasteiger partial charge in [-0.25, -0.2) is 0 Å². The number of hydrogen-bond donors (Lipinski definition) is 8. The Balaban J connectivity index is 0.00000249. The number of aliphatic carboxylic acids is 4. The van der Waals surface area contributed by atoms with Gasteiger partial charge in [0.15, 0.2) is 0 Å². The minimum atomic E-state index is -1.23. The predicted octanol–water partition coefficient (Wildman–Crippen LogP) is 4.40. The molecule has 1 fully saturated rings. The van der Waals surface area contributed by atoms with Crippen molar-refractivity contribution < 1.29 is 63.5 Å². The van der Waals surface area contributed by atoms with Gasteiger partial charge in [0, 0.05) is 92.6 Å². The van der Waals surface area contributed by atoms with E-state index < -0.39 is 53.2 Å². The lowest BCUT2D eigenvalue weighted by Crippen LogP contribution is -2.51. The molecule has 0 spiro atoms. The van der Waals surface area contributed by atoms with Crippen molar-refractivity contribution in [2.45, 2.75) is 127 Å². The number of amides is 4. The highest BCUT2D eigenvalue weighted by molar-refractivity contribution is 9.10. The third kappa shape index (κ3) is 29.7. The number of carbonyl (C=O) groups excluding carboxylic acids is 4. The number of ether oxygens (including phenoxy) is 1. The fraction of sp³-hybridized carbons (Fsp3) is 0.720. The van der Waals surface area contributed by atoms with Gasteiger partial charge in [0.2, 0.25) is 23.6 Å². The summed E-state index contributed by atoms with van der Waals surface area (Å²) in [6.45, 7) is 22.3. The first-order chi connectivity index (χ1) is 33.7. The zero-order chi connectivity index (χ0) is 55.2. The molecule has 72 heavy (non-hydrogen) atoms. The molecular formula is C50H87BrN8O13. The Morgan fingerprint density at radius 3 is 1.61 bits per heavy atom. The standard InChI is InChI=1S/C36H65N7O12.C12H16BrNO.C2H6/c1-6-7-8-9-28(44)37-18-30(46)39-23-36(4,5)25-55-24-35(2,3)22-38-29(45)11-10-27(34(53)54)43-17-16-41(20-32(49)50)13-12-40(19-31(47)48)14-15-42(26-43)21-33(51)52;1-5-10(15)14-12-8(3)6-7(2)11(13)9(12)4;1-2/h27H,6-26H2,1-5H3,(H,37,44)(H,38,45)(H,39,46)(H,47,48)(H,49,50)(H,51,52)(H,53,54);6H,5H2,1-4H3,(H,14,15);1-2H3. The Kier molecular flexibility index (Phi) is 33.1. The van der Waals surface area contributed by atoms with Crippen molar-refractivity contribution in [1.29, 1.82) is 0 Å². The summed E-state index contributed by atoms with van der Waals surface area (Å²) in [5.41, 5.74) is 3.40. The lowest BCUT2D eigenvalue weighted by Gasteiger charge is -2.34. The third-order valence-corrected chi connectivity index (χ3v) is 12.6. The second-order valence-electron chi connectivity index (χ2n) is 19.5. The lowest BCUT2D eigenvalue weighted by molar-refractivity contribution is -0.146. The topological polar surface area (TPSA) is 288 Å². The van der Waals surface area contributed by atoms with Crippen LogP contribution in [0.4, 0.5) is 5.69 Å². The van der Waals surface area contributed by atoms with E-state index in [9.17, 15) is 58.8 Å². The van der Waals surface area contributed by atoms with Crippen molar-refractivity contribution in [2.75, 3.05) is 104 Å². The first kappa shape index (κ1) is 67.3. The Hall–Kier alpha value is -4.74. The van der Waals surface area contributed by atoms with Gasteiger partial charge in [-0.05, 0) is 50.3 Å². The van der Waals surface area contributed by atoms with Crippen LogP contribution < -0.4 is 21.3 Å². The average Bonchev–Trinajstić information content (AvgIpc) is 3.33. The second-order valence-corrected chi connectivity index (χ2v) is 20.3. The van der Waals surface area contributed by atoms with E-state index in [4.69, 9.17) is 4.74 Å². The molecule has 4 amide bonds. The summed E-state index contributed by atoms with van der Waals surface area (Å²) < 4.78 is 7.03. The number of hydrogen-bond acceptors (Lipinski definition) is 13. The van der Waals surface area contributed by atoms with Crippen molar-refractivity contribution in [3.05, 3.63) is 27.2 Å². The normalized spacial score (nSPS) is 14.7. The van der Waals surface area contributed by atoms with Gasteiger partial charge in [-0.2, -0.15) is 0 Å². The van der Waals surface area contributed by atoms with Crippen molar-refractivity contribution >= 4 is 69.1 Å². The molecule has 0 aliphatic carbocycles. The zero-order valence-corrected chi connectivity index (χ0v) is 46.4. The first-order valence-corrected chi connectivity index (χ1v) is 25.7. The van der Waals surface area contributed by atoms with Gasteiger partial charge in [0.25, 0.3) is 0 Å². The van der Waals surface area contributed by atoms with Crippen molar-refractivity contribution in [3.8, 4) is 0 Å². The van der Waals surface area contributed by atoms with E-state index in [1.807, 2.05) is 69.2 Å². The smallest absolute Gasteiger partial charge is 0.320 e. The van der Waals surface area contributed by atoms with E-state index in [1.54, 1.807) is 9.80 Å². The van der Waals surface area contributed by atoms with Crippen LogP contribution in [0.25, 0.3) is 0 Å². The Morgan fingerprint density at radius 1 is 0.653 bits per heavy atom. The number of benzene rings is 1. The highest BCUT2D eigenvalue weighted by Crippen LogP contribution is 2.31. The number of anilines is 1. The third-order valence-electron chi connectivity index (χ3n) is 11.4. The number of nitrogens with zero attached hydrogens (tertiary/aromatic N) is 4. The SMILES string of the molecule is CC.CCC(=O)Nc1c(C)cc(C)c(Br)c1C.CCCCCC(=O)NCC(=O)NCC(C)(C)COCC(C)(C)CNC(=O)CCC(C(=O)O)N1CCN(CC(=O)O)CCN(CC(=O)O)CCN(CC(=O)O)C1. The maximum Gasteiger partial charge on any atom is 0.320 e. The maximum absolute atomic E-state index is 13.0.